The molecular formula is C16H23ClF3N3O2. The number of benzene rings is 1. The zero-order chi connectivity index (χ0) is 18.5. The fourth-order valence-corrected chi connectivity index (χ4v) is 1.91. The first kappa shape index (κ1) is 23.2. The van der Waals surface area contributed by atoms with Gasteiger partial charge < -0.3 is 16.4 Å². The van der Waals surface area contributed by atoms with Crippen molar-refractivity contribution in [1.82, 2.24) is 5.32 Å². The molecule has 1 aromatic rings. The molecule has 0 aromatic heterocycles. The molecule has 0 fully saturated rings. The van der Waals surface area contributed by atoms with Gasteiger partial charge >= 0.3 is 6.18 Å². The van der Waals surface area contributed by atoms with E-state index in [-0.39, 0.29) is 23.9 Å². The highest BCUT2D eigenvalue weighted by atomic mass is 35.5. The summed E-state index contributed by atoms with van der Waals surface area (Å²) in [4.78, 5) is 23.9. The van der Waals surface area contributed by atoms with Crippen molar-refractivity contribution in [2.75, 3.05) is 11.9 Å². The van der Waals surface area contributed by atoms with Gasteiger partial charge in [-0.3, -0.25) is 9.59 Å². The van der Waals surface area contributed by atoms with Gasteiger partial charge in [0.1, 0.15) is 6.54 Å². The molecule has 1 aromatic carbocycles. The van der Waals surface area contributed by atoms with Crippen molar-refractivity contribution in [3.63, 3.8) is 0 Å². The van der Waals surface area contributed by atoms with Crippen LogP contribution < -0.4 is 16.4 Å². The Morgan fingerprint density at radius 1 is 1.28 bits per heavy atom. The van der Waals surface area contributed by atoms with Crippen LogP contribution in [0, 0.1) is 12.8 Å². The van der Waals surface area contributed by atoms with Crippen LogP contribution in [-0.2, 0) is 4.79 Å². The summed E-state index contributed by atoms with van der Waals surface area (Å²) in [6, 6.07) is 3.57. The van der Waals surface area contributed by atoms with Gasteiger partial charge in [0.15, 0.2) is 0 Å². The monoisotopic (exact) mass is 381 g/mol. The molecule has 0 saturated carbocycles. The van der Waals surface area contributed by atoms with Crippen LogP contribution in [0.25, 0.3) is 0 Å². The first-order valence-electron chi connectivity index (χ1n) is 7.57. The quantitative estimate of drug-likeness (QED) is 0.708. The van der Waals surface area contributed by atoms with E-state index in [1.54, 1.807) is 18.3 Å². The summed E-state index contributed by atoms with van der Waals surface area (Å²) in [6.07, 6.45) is -3.76. The summed E-state index contributed by atoms with van der Waals surface area (Å²) < 4.78 is 36.5. The van der Waals surface area contributed by atoms with Gasteiger partial charge in [-0.1, -0.05) is 26.3 Å². The summed E-state index contributed by atoms with van der Waals surface area (Å²) >= 11 is 0. The minimum Gasteiger partial charge on any atom is -0.343 e. The molecule has 0 heterocycles. The van der Waals surface area contributed by atoms with Gasteiger partial charge in [0, 0.05) is 11.3 Å². The highest BCUT2D eigenvalue weighted by molar-refractivity contribution is 5.99. The summed E-state index contributed by atoms with van der Waals surface area (Å²) in [6.45, 7) is 4.05. The first-order valence-corrected chi connectivity index (χ1v) is 7.57. The number of aryl methyl sites for hydroxylation is 1. The van der Waals surface area contributed by atoms with Gasteiger partial charge in [0.2, 0.25) is 5.91 Å². The van der Waals surface area contributed by atoms with Crippen LogP contribution in [-0.4, -0.2) is 30.6 Å². The van der Waals surface area contributed by atoms with E-state index in [9.17, 15) is 22.8 Å². The molecule has 4 N–H and O–H groups in total. The van der Waals surface area contributed by atoms with Crippen LogP contribution in [0.15, 0.2) is 18.2 Å². The fraction of sp³-hybridized carbons (Fsp3) is 0.500. The lowest BCUT2D eigenvalue weighted by Crippen LogP contribution is -2.40. The Balaban J connectivity index is 0.00000576. The molecule has 0 radical (unpaired) electrons. The van der Waals surface area contributed by atoms with Gasteiger partial charge in [-0.05, 0) is 30.5 Å². The second-order valence-electron chi connectivity index (χ2n) is 5.73. The highest BCUT2D eigenvalue weighted by Gasteiger charge is 2.28. The Morgan fingerprint density at radius 2 is 1.88 bits per heavy atom. The zero-order valence-electron chi connectivity index (χ0n) is 14.2. The molecule has 0 aliphatic carbocycles. The second-order valence-corrected chi connectivity index (χ2v) is 5.73. The van der Waals surface area contributed by atoms with Gasteiger partial charge in [-0.15, -0.1) is 12.4 Å². The lowest BCUT2D eigenvalue weighted by Gasteiger charge is -2.19. The minimum atomic E-state index is -4.49. The third-order valence-electron chi connectivity index (χ3n) is 3.77. The molecule has 0 aliphatic rings. The van der Waals surface area contributed by atoms with Crippen molar-refractivity contribution < 1.29 is 22.8 Å². The molecular weight excluding hydrogens is 359 g/mol. The molecule has 1 rings (SSSR count). The van der Waals surface area contributed by atoms with E-state index in [0.717, 1.165) is 6.42 Å². The Bertz CT molecular complexity index is 609. The number of hydrogen-bond acceptors (Lipinski definition) is 3. The van der Waals surface area contributed by atoms with E-state index >= 15 is 0 Å². The van der Waals surface area contributed by atoms with E-state index in [1.807, 2.05) is 13.8 Å². The molecule has 25 heavy (non-hydrogen) atoms. The number of anilines is 1. The maximum absolute atomic E-state index is 12.2. The maximum atomic E-state index is 12.2. The number of halogens is 4. The van der Waals surface area contributed by atoms with E-state index in [0.29, 0.717) is 11.3 Å². The number of carbonyl (C=O) groups excluding carboxylic acids is 2. The van der Waals surface area contributed by atoms with E-state index in [1.165, 1.54) is 12.1 Å². The predicted octanol–water partition coefficient (Wildman–Crippen LogP) is 3.02. The SMILES string of the molecule is CCC(C)C(N)C(=O)Nc1cc(C(=O)NCC(F)(F)F)ccc1C.Cl. The van der Waals surface area contributed by atoms with E-state index in [4.69, 9.17) is 5.73 Å². The summed E-state index contributed by atoms with van der Waals surface area (Å²) in [5, 5.41) is 4.41. The van der Waals surface area contributed by atoms with E-state index < -0.39 is 30.6 Å². The van der Waals surface area contributed by atoms with E-state index in [2.05, 4.69) is 5.32 Å². The molecule has 2 unspecified atom stereocenters. The zero-order valence-corrected chi connectivity index (χ0v) is 15.1. The smallest absolute Gasteiger partial charge is 0.343 e. The van der Waals surface area contributed by atoms with Crippen molar-refractivity contribution in [3.05, 3.63) is 29.3 Å². The van der Waals surface area contributed by atoms with Crippen LogP contribution in [0.4, 0.5) is 18.9 Å². The average Bonchev–Trinajstić information content (AvgIpc) is 2.52. The molecule has 2 atom stereocenters. The highest BCUT2D eigenvalue weighted by Crippen LogP contribution is 2.19. The fourth-order valence-electron chi connectivity index (χ4n) is 1.91. The van der Waals surface area contributed by atoms with Crippen molar-refractivity contribution >= 4 is 29.9 Å². The number of carbonyl (C=O) groups is 2. The molecule has 0 saturated heterocycles. The molecule has 0 bridgehead atoms. The maximum Gasteiger partial charge on any atom is 0.405 e. The normalized spacial score (nSPS) is 13.4. The van der Waals surface area contributed by atoms with Crippen molar-refractivity contribution in [1.29, 1.82) is 0 Å². The largest absolute Gasteiger partial charge is 0.405 e. The van der Waals surface area contributed by atoms with Crippen LogP contribution in [0.5, 0.6) is 0 Å². The molecule has 5 nitrogen and oxygen atoms in total. The summed E-state index contributed by atoms with van der Waals surface area (Å²) in [5.41, 5.74) is 6.89. The minimum absolute atomic E-state index is 0. The Kier molecular flexibility index (Phi) is 8.93. The number of nitrogens with one attached hydrogen (secondary N) is 2. The van der Waals surface area contributed by atoms with Crippen molar-refractivity contribution in [2.45, 2.75) is 39.4 Å². The lowest BCUT2D eigenvalue weighted by atomic mass is 9.99. The topological polar surface area (TPSA) is 84.2 Å². The van der Waals surface area contributed by atoms with Crippen molar-refractivity contribution in [3.8, 4) is 0 Å². The number of rotatable bonds is 6. The number of amides is 2. The van der Waals surface area contributed by atoms with Crippen LogP contribution in [0.1, 0.15) is 36.2 Å². The van der Waals surface area contributed by atoms with Crippen LogP contribution in [0.2, 0.25) is 0 Å². The number of hydrogen-bond donors (Lipinski definition) is 3. The molecule has 142 valence electrons. The molecule has 0 aliphatic heterocycles. The van der Waals surface area contributed by atoms with Crippen LogP contribution in [0.3, 0.4) is 0 Å². The van der Waals surface area contributed by atoms with Gasteiger partial charge in [0.25, 0.3) is 5.91 Å². The Hall–Kier alpha value is -1.80. The molecule has 0 spiro atoms. The Morgan fingerprint density at radius 3 is 2.40 bits per heavy atom. The lowest BCUT2D eigenvalue weighted by molar-refractivity contribution is -0.123. The standard InChI is InChI=1S/C16H22F3N3O2.ClH/c1-4-9(2)13(20)15(24)22-12-7-11(6-5-10(12)3)14(23)21-8-16(17,18)19;/h5-7,9,13H,4,8,20H2,1-3H3,(H,21,23)(H,22,24);1H. The molecule has 2 amide bonds. The van der Waals surface area contributed by atoms with Gasteiger partial charge in [-0.25, -0.2) is 0 Å². The predicted molar refractivity (Wildman–Crippen MR) is 92.9 cm³/mol. The molecule has 9 heteroatoms. The van der Waals surface area contributed by atoms with Gasteiger partial charge in [0.05, 0.1) is 6.04 Å². The average molecular weight is 382 g/mol. The van der Waals surface area contributed by atoms with Gasteiger partial charge in [-0.2, -0.15) is 13.2 Å². The van der Waals surface area contributed by atoms with Crippen LogP contribution >= 0.6 is 12.4 Å². The summed E-state index contributed by atoms with van der Waals surface area (Å²) in [5.74, 6) is -1.29. The number of alkyl halides is 3. The Labute approximate surface area is 150 Å². The first-order chi connectivity index (χ1) is 11.0. The summed E-state index contributed by atoms with van der Waals surface area (Å²) in [7, 11) is 0. The third-order valence-corrected chi connectivity index (χ3v) is 3.77. The second kappa shape index (κ2) is 9.62. The van der Waals surface area contributed by atoms with Crippen molar-refractivity contribution in [2.24, 2.45) is 11.7 Å². The number of nitrogens with two attached hydrogens (primary N) is 1. The third kappa shape index (κ3) is 7.31.